The van der Waals surface area contributed by atoms with Gasteiger partial charge >= 0.3 is 5.97 Å². The van der Waals surface area contributed by atoms with Crippen LogP contribution in [0.2, 0.25) is 5.02 Å². The molecule has 0 saturated carbocycles. The number of nitrogens with one attached hydrogen (secondary N) is 1. The highest BCUT2D eigenvalue weighted by Gasteiger charge is 2.12. The molecule has 0 amide bonds. The molecule has 106 valence electrons. The lowest BCUT2D eigenvalue weighted by molar-refractivity contribution is 0.0697. The minimum absolute atomic E-state index is 0.0814. The average molecular weight is 308 g/mol. The predicted molar refractivity (Wildman–Crippen MR) is 72.3 cm³/mol. The minimum atomic E-state index is -3.55. The van der Waals surface area contributed by atoms with Gasteiger partial charge in [-0.05, 0) is 24.6 Å². The van der Waals surface area contributed by atoms with Gasteiger partial charge in [0.2, 0.25) is 10.0 Å². The Balaban J connectivity index is 2.84. The molecule has 1 rings (SSSR count). The number of aromatic carboxylic acids is 1. The molecule has 0 bridgehead atoms. The lowest BCUT2D eigenvalue weighted by atomic mass is 10.2. The van der Waals surface area contributed by atoms with Crippen molar-refractivity contribution in [1.82, 2.24) is 0 Å². The van der Waals surface area contributed by atoms with E-state index in [1.165, 1.54) is 25.3 Å². The molecule has 8 heteroatoms. The molecular weight excluding hydrogens is 294 g/mol. The number of ether oxygens (including phenoxy) is 1. The molecule has 0 aliphatic carbocycles. The fourth-order valence-corrected chi connectivity index (χ4v) is 2.71. The highest BCUT2D eigenvalue weighted by atomic mass is 35.5. The van der Waals surface area contributed by atoms with Gasteiger partial charge in [-0.3, -0.25) is 4.72 Å². The van der Waals surface area contributed by atoms with Crippen LogP contribution in [-0.2, 0) is 14.8 Å². The van der Waals surface area contributed by atoms with E-state index in [2.05, 4.69) is 4.72 Å². The number of rotatable bonds is 7. The Kier molecular flexibility index (Phi) is 5.59. The summed E-state index contributed by atoms with van der Waals surface area (Å²) in [6.07, 6.45) is 0.345. The van der Waals surface area contributed by atoms with Crippen LogP contribution in [0.5, 0.6) is 0 Å². The van der Waals surface area contributed by atoms with Crippen LogP contribution in [0.4, 0.5) is 5.69 Å². The summed E-state index contributed by atoms with van der Waals surface area (Å²) in [5.74, 6) is -1.29. The highest BCUT2D eigenvalue weighted by Crippen LogP contribution is 2.20. The van der Waals surface area contributed by atoms with Crippen molar-refractivity contribution >= 4 is 33.3 Å². The van der Waals surface area contributed by atoms with E-state index < -0.39 is 16.0 Å². The maximum absolute atomic E-state index is 11.7. The molecule has 0 aliphatic heterocycles. The fourth-order valence-electron chi connectivity index (χ4n) is 1.40. The Labute approximate surface area is 116 Å². The van der Waals surface area contributed by atoms with Crippen molar-refractivity contribution in [3.63, 3.8) is 0 Å². The Morgan fingerprint density at radius 3 is 2.68 bits per heavy atom. The molecule has 0 spiro atoms. The van der Waals surface area contributed by atoms with Crippen LogP contribution in [0, 0.1) is 0 Å². The number of hydrogen-bond acceptors (Lipinski definition) is 4. The van der Waals surface area contributed by atoms with Gasteiger partial charge in [0.1, 0.15) is 0 Å². The van der Waals surface area contributed by atoms with E-state index in [4.69, 9.17) is 21.4 Å². The maximum Gasteiger partial charge on any atom is 0.335 e. The van der Waals surface area contributed by atoms with Crippen molar-refractivity contribution in [2.45, 2.75) is 6.42 Å². The van der Waals surface area contributed by atoms with E-state index in [9.17, 15) is 13.2 Å². The zero-order chi connectivity index (χ0) is 14.5. The van der Waals surface area contributed by atoms with Crippen LogP contribution in [0.25, 0.3) is 0 Å². The summed E-state index contributed by atoms with van der Waals surface area (Å²) in [6, 6.07) is 3.80. The third kappa shape index (κ3) is 5.46. The lowest BCUT2D eigenvalue weighted by Gasteiger charge is -2.09. The molecule has 0 fully saturated rings. The molecule has 2 N–H and O–H groups in total. The Hall–Kier alpha value is -1.31. The normalized spacial score (nSPS) is 11.3. The van der Waals surface area contributed by atoms with Crippen molar-refractivity contribution in [2.75, 3.05) is 24.2 Å². The van der Waals surface area contributed by atoms with Crippen LogP contribution < -0.4 is 4.72 Å². The van der Waals surface area contributed by atoms with Crippen molar-refractivity contribution < 1.29 is 23.1 Å². The number of methoxy groups -OCH3 is 1. The van der Waals surface area contributed by atoms with Crippen LogP contribution in [0.1, 0.15) is 16.8 Å². The number of carbonyl (C=O) groups is 1. The smallest absolute Gasteiger partial charge is 0.335 e. The van der Waals surface area contributed by atoms with Gasteiger partial charge in [0.25, 0.3) is 0 Å². The first kappa shape index (κ1) is 15.7. The number of hydrogen-bond donors (Lipinski definition) is 2. The minimum Gasteiger partial charge on any atom is -0.478 e. The number of anilines is 1. The van der Waals surface area contributed by atoms with Crippen LogP contribution in [0.3, 0.4) is 0 Å². The summed E-state index contributed by atoms with van der Waals surface area (Å²) in [5.41, 5.74) is 0.0457. The fraction of sp³-hybridized carbons (Fsp3) is 0.364. The first-order valence-electron chi connectivity index (χ1n) is 5.37. The topological polar surface area (TPSA) is 92.7 Å². The number of halogens is 1. The zero-order valence-corrected chi connectivity index (χ0v) is 11.8. The summed E-state index contributed by atoms with van der Waals surface area (Å²) in [5, 5.41) is 9.00. The molecule has 1 aromatic rings. The van der Waals surface area contributed by atoms with Crippen molar-refractivity contribution in [1.29, 1.82) is 0 Å². The molecule has 0 heterocycles. The molecule has 0 unspecified atom stereocenters. The molecule has 0 atom stereocenters. The van der Waals surface area contributed by atoms with Gasteiger partial charge in [0.15, 0.2) is 0 Å². The number of sulfonamides is 1. The van der Waals surface area contributed by atoms with Crippen LogP contribution in [-0.4, -0.2) is 39.0 Å². The predicted octanol–water partition coefficient (Wildman–Crippen LogP) is 1.82. The lowest BCUT2D eigenvalue weighted by Crippen LogP contribution is -2.18. The standard InChI is InChI=1S/C11H14ClNO5S/c1-18-3-2-4-19(16,17)13-10-6-8(11(14)15)5-9(12)7-10/h5-7,13H,2-4H2,1H3,(H,14,15). The quantitative estimate of drug-likeness (QED) is 0.749. The van der Waals surface area contributed by atoms with Crippen LogP contribution in [0.15, 0.2) is 18.2 Å². The average Bonchev–Trinajstić information content (AvgIpc) is 2.27. The Morgan fingerprint density at radius 2 is 2.11 bits per heavy atom. The second kappa shape index (κ2) is 6.74. The molecule has 6 nitrogen and oxygen atoms in total. The first-order valence-corrected chi connectivity index (χ1v) is 7.40. The first-order chi connectivity index (χ1) is 8.84. The number of carboxylic acid groups (broad SMARTS) is 1. The van der Waals surface area contributed by atoms with Crippen molar-refractivity contribution in [3.8, 4) is 0 Å². The number of benzene rings is 1. The summed E-state index contributed by atoms with van der Waals surface area (Å²) in [6.45, 7) is 0.330. The van der Waals surface area contributed by atoms with Crippen molar-refractivity contribution in [2.24, 2.45) is 0 Å². The maximum atomic E-state index is 11.7. The summed E-state index contributed by atoms with van der Waals surface area (Å²) in [4.78, 5) is 10.8. The Bertz CT molecular complexity index is 558. The zero-order valence-electron chi connectivity index (χ0n) is 10.2. The van der Waals surface area contributed by atoms with Gasteiger partial charge < -0.3 is 9.84 Å². The van der Waals surface area contributed by atoms with E-state index in [0.717, 1.165) is 0 Å². The van der Waals surface area contributed by atoms with Gasteiger partial charge in [-0.15, -0.1) is 0 Å². The van der Waals surface area contributed by atoms with E-state index in [-0.39, 0.29) is 22.0 Å². The van der Waals surface area contributed by atoms with Gasteiger partial charge in [-0.2, -0.15) is 0 Å². The highest BCUT2D eigenvalue weighted by molar-refractivity contribution is 7.92. The van der Waals surface area contributed by atoms with E-state index in [1.807, 2.05) is 0 Å². The van der Waals surface area contributed by atoms with Gasteiger partial charge in [0, 0.05) is 18.7 Å². The van der Waals surface area contributed by atoms with Crippen LogP contribution >= 0.6 is 11.6 Å². The summed E-state index contributed by atoms with van der Waals surface area (Å²) < 4.78 is 30.5. The van der Waals surface area contributed by atoms with Gasteiger partial charge in [0.05, 0.1) is 17.0 Å². The summed E-state index contributed by atoms with van der Waals surface area (Å²) >= 11 is 5.73. The van der Waals surface area contributed by atoms with E-state index in [1.54, 1.807) is 0 Å². The third-order valence-electron chi connectivity index (χ3n) is 2.18. The SMILES string of the molecule is COCCCS(=O)(=O)Nc1cc(Cl)cc(C(=O)O)c1. The molecule has 0 aliphatic rings. The molecule has 1 aromatic carbocycles. The summed E-state index contributed by atoms with van der Waals surface area (Å²) in [7, 11) is -2.07. The van der Waals surface area contributed by atoms with Gasteiger partial charge in [-0.25, -0.2) is 13.2 Å². The molecule has 0 aromatic heterocycles. The van der Waals surface area contributed by atoms with E-state index in [0.29, 0.717) is 13.0 Å². The molecule has 0 saturated heterocycles. The second-order valence-corrected chi connectivity index (χ2v) is 6.08. The molecular formula is C11H14ClNO5S. The third-order valence-corrected chi connectivity index (χ3v) is 3.77. The second-order valence-electron chi connectivity index (χ2n) is 3.80. The number of carboxylic acids is 1. The van der Waals surface area contributed by atoms with E-state index >= 15 is 0 Å². The monoisotopic (exact) mass is 307 g/mol. The molecule has 19 heavy (non-hydrogen) atoms. The largest absolute Gasteiger partial charge is 0.478 e. The Morgan fingerprint density at radius 1 is 1.42 bits per heavy atom. The molecule has 0 radical (unpaired) electrons. The van der Waals surface area contributed by atoms with Crippen molar-refractivity contribution in [3.05, 3.63) is 28.8 Å². The van der Waals surface area contributed by atoms with Gasteiger partial charge in [-0.1, -0.05) is 11.6 Å².